The first-order valence-electron chi connectivity index (χ1n) is 12.6. The number of hydrogen-bond acceptors (Lipinski definition) is 8. The summed E-state index contributed by atoms with van der Waals surface area (Å²) in [7, 11) is 0. The van der Waals surface area contributed by atoms with E-state index in [0.717, 1.165) is 25.9 Å². The highest BCUT2D eigenvalue weighted by atomic mass is 35.5. The zero-order valence-electron chi connectivity index (χ0n) is 20.4. The van der Waals surface area contributed by atoms with Gasteiger partial charge in [-0.15, -0.1) is 0 Å². The van der Waals surface area contributed by atoms with Gasteiger partial charge in [0, 0.05) is 42.8 Å². The van der Waals surface area contributed by atoms with Gasteiger partial charge in [0.1, 0.15) is 30.6 Å². The normalized spacial score (nSPS) is 25.6. The molecule has 4 fully saturated rings. The van der Waals surface area contributed by atoms with Crippen LogP contribution in [0.1, 0.15) is 12.8 Å². The van der Waals surface area contributed by atoms with E-state index in [-0.39, 0.29) is 39.8 Å². The SMILES string of the molecule is C=CC(O)N1CC2CC(C1)C2Oc1cc2c(Nc3ccc(Cl)c(Cl)c3F)ncnc2cc1OC1CCOC1. The van der Waals surface area contributed by atoms with Gasteiger partial charge in [-0.1, -0.05) is 29.8 Å². The Balaban J connectivity index is 1.33. The minimum Gasteiger partial charge on any atom is -0.486 e. The number of aromatic nitrogens is 2. The molecule has 0 amide bonds. The van der Waals surface area contributed by atoms with Crippen molar-refractivity contribution in [3.63, 3.8) is 0 Å². The van der Waals surface area contributed by atoms with Crippen molar-refractivity contribution in [3.8, 4) is 11.5 Å². The summed E-state index contributed by atoms with van der Waals surface area (Å²) in [5.41, 5.74) is 0.748. The molecule has 3 saturated heterocycles. The van der Waals surface area contributed by atoms with E-state index in [1.807, 2.05) is 17.0 Å². The number of ether oxygens (including phenoxy) is 3. The van der Waals surface area contributed by atoms with E-state index in [4.69, 9.17) is 37.4 Å². The second kappa shape index (κ2) is 10.5. The number of aliphatic hydroxyl groups is 1. The van der Waals surface area contributed by atoms with Crippen LogP contribution in [0, 0.1) is 17.7 Å². The average molecular weight is 561 g/mol. The molecule has 4 unspecified atom stereocenters. The van der Waals surface area contributed by atoms with Crippen LogP contribution in [-0.2, 0) is 4.74 Å². The third-order valence-corrected chi connectivity index (χ3v) is 8.27. The third-order valence-electron chi connectivity index (χ3n) is 7.49. The molecule has 0 spiro atoms. The molecule has 0 radical (unpaired) electrons. The Kier molecular flexibility index (Phi) is 7.05. The van der Waals surface area contributed by atoms with Crippen molar-refractivity contribution in [2.45, 2.75) is 31.3 Å². The highest BCUT2D eigenvalue weighted by molar-refractivity contribution is 6.42. The van der Waals surface area contributed by atoms with Crippen LogP contribution in [0.3, 0.4) is 0 Å². The average Bonchev–Trinajstić information content (AvgIpc) is 3.45. The summed E-state index contributed by atoms with van der Waals surface area (Å²) in [5, 5.41) is 13.8. The number of hydrogen-bond donors (Lipinski definition) is 2. The van der Waals surface area contributed by atoms with Crippen LogP contribution in [0.5, 0.6) is 11.5 Å². The maximum Gasteiger partial charge on any atom is 0.166 e. The van der Waals surface area contributed by atoms with Crippen LogP contribution >= 0.6 is 23.2 Å². The fraction of sp³-hybridized carbons (Fsp3) is 0.407. The van der Waals surface area contributed by atoms with Gasteiger partial charge in [0.2, 0.25) is 0 Å². The van der Waals surface area contributed by atoms with Gasteiger partial charge in [-0.2, -0.15) is 0 Å². The minimum absolute atomic E-state index is 0.0172. The molecule has 1 saturated carbocycles. The van der Waals surface area contributed by atoms with E-state index >= 15 is 0 Å². The second-order valence-corrected chi connectivity index (χ2v) is 10.7. The Labute approximate surface area is 229 Å². The van der Waals surface area contributed by atoms with Crippen LogP contribution < -0.4 is 14.8 Å². The minimum atomic E-state index is -0.669. The zero-order valence-corrected chi connectivity index (χ0v) is 22.0. The predicted octanol–water partition coefficient (Wildman–Crippen LogP) is 5.19. The molecule has 1 aliphatic carbocycles. The lowest BCUT2D eigenvalue weighted by molar-refractivity contribution is -0.126. The summed E-state index contributed by atoms with van der Waals surface area (Å²) in [5.74, 6) is 1.41. The van der Waals surface area contributed by atoms with E-state index in [1.165, 1.54) is 18.5 Å². The van der Waals surface area contributed by atoms with Crippen molar-refractivity contribution in [2.24, 2.45) is 11.8 Å². The Morgan fingerprint density at radius 3 is 2.71 bits per heavy atom. The summed E-state index contributed by atoms with van der Waals surface area (Å²) in [6, 6.07) is 6.68. The van der Waals surface area contributed by atoms with E-state index in [9.17, 15) is 9.50 Å². The highest BCUT2D eigenvalue weighted by Crippen LogP contribution is 2.46. The van der Waals surface area contributed by atoms with Gasteiger partial charge in [0.15, 0.2) is 17.3 Å². The van der Waals surface area contributed by atoms with Crippen molar-refractivity contribution in [3.05, 3.63) is 59.1 Å². The first-order valence-corrected chi connectivity index (χ1v) is 13.3. The molecule has 4 aliphatic rings. The van der Waals surface area contributed by atoms with Gasteiger partial charge < -0.3 is 24.6 Å². The number of benzene rings is 2. The number of rotatable bonds is 8. The second-order valence-electron chi connectivity index (χ2n) is 9.93. The molecule has 38 heavy (non-hydrogen) atoms. The van der Waals surface area contributed by atoms with E-state index in [2.05, 4.69) is 21.9 Å². The molecule has 2 aromatic carbocycles. The monoisotopic (exact) mass is 560 g/mol. The number of halogens is 3. The fourth-order valence-electron chi connectivity index (χ4n) is 5.47. The lowest BCUT2D eigenvalue weighted by Crippen LogP contribution is -2.62. The van der Waals surface area contributed by atoms with Gasteiger partial charge >= 0.3 is 0 Å². The van der Waals surface area contributed by atoms with Crippen molar-refractivity contribution in [1.82, 2.24) is 14.9 Å². The number of anilines is 2. The van der Waals surface area contributed by atoms with Crippen molar-refractivity contribution in [1.29, 1.82) is 0 Å². The maximum absolute atomic E-state index is 14.8. The summed E-state index contributed by atoms with van der Waals surface area (Å²) >= 11 is 12.0. The number of aliphatic hydroxyl groups excluding tert-OH is 1. The van der Waals surface area contributed by atoms with Crippen molar-refractivity contribution >= 4 is 45.6 Å². The lowest BCUT2D eigenvalue weighted by Gasteiger charge is -2.53. The molecule has 2 N–H and O–H groups in total. The summed E-state index contributed by atoms with van der Waals surface area (Å²) in [6.07, 6.45) is 4.01. The van der Waals surface area contributed by atoms with Crippen molar-refractivity contribution < 1.29 is 23.7 Å². The third kappa shape index (κ3) is 4.78. The number of piperidine rings is 2. The zero-order chi connectivity index (χ0) is 26.4. The maximum atomic E-state index is 14.8. The molecular formula is C27H27Cl2FN4O4. The molecule has 8 nitrogen and oxygen atoms in total. The largest absolute Gasteiger partial charge is 0.486 e. The predicted molar refractivity (Wildman–Crippen MR) is 143 cm³/mol. The topological polar surface area (TPSA) is 89.0 Å². The first kappa shape index (κ1) is 25.6. The lowest BCUT2D eigenvalue weighted by atomic mass is 9.68. The van der Waals surface area contributed by atoms with Gasteiger partial charge in [0.05, 0.1) is 34.5 Å². The quantitative estimate of drug-likeness (QED) is 0.287. The van der Waals surface area contributed by atoms with Gasteiger partial charge in [0.25, 0.3) is 0 Å². The standard InChI is InChI=1S/C27H27Cl2FN4O4/c1-2-23(35)34-10-14-7-15(11-34)26(14)38-21-8-17-20(9-22(21)37-16-5-6-36-12-16)31-13-32-27(17)33-19-4-3-18(28)24(29)25(19)30/h2-4,8-9,13-16,23,26,35H,1,5-7,10-12H2,(H,31,32,33). The van der Waals surface area contributed by atoms with Crippen LogP contribution in [0.15, 0.2) is 43.2 Å². The molecule has 1 aromatic heterocycles. The molecule has 4 heterocycles. The molecule has 2 bridgehead atoms. The number of nitrogens with zero attached hydrogens (tertiary/aromatic N) is 3. The van der Waals surface area contributed by atoms with Crippen molar-refractivity contribution in [2.75, 3.05) is 31.6 Å². The molecule has 4 atom stereocenters. The van der Waals surface area contributed by atoms with Crippen LogP contribution in [0.4, 0.5) is 15.9 Å². The first-order chi connectivity index (χ1) is 18.4. The summed E-state index contributed by atoms with van der Waals surface area (Å²) < 4.78 is 33.2. The highest BCUT2D eigenvalue weighted by Gasteiger charge is 2.49. The van der Waals surface area contributed by atoms with Gasteiger partial charge in [-0.3, -0.25) is 4.90 Å². The summed E-state index contributed by atoms with van der Waals surface area (Å²) in [6.45, 7) is 6.30. The molecule has 11 heteroatoms. The number of fused-ring (bicyclic) bond motifs is 3. The number of nitrogens with one attached hydrogen (secondary N) is 1. The molecule has 3 aliphatic heterocycles. The molecule has 3 aromatic rings. The van der Waals surface area contributed by atoms with Crippen LogP contribution in [-0.4, -0.2) is 64.7 Å². The Bertz CT molecular complexity index is 1360. The fourth-order valence-corrected chi connectivity index (χ4v) is 5.78. The van der Waals surface area contributed by atoms with Crippen LogP contribution in [0.2, 0.25) is 10.0 Å². The Morgan fingerprint density at radius 1 is 1.18 bits per heavy atom. The molecule has 7 rings (SSSR count). The van der Waals surface area contributed by atoms with Gasteiger partial charge in [-0.05, 0) is 30.7 Å². The van der Waals surface area contributed by atoms with E-state index in [0.29, 0.717) is 41.4 Å². The Hall–Kier alpha value is -2.69. The molecular weight excluding hydrogens is 534 g/mol. The van der Waals surface area contributed by atoms with E-state index in [1.54, 1.807) is 6.08 Å². The van der Waals surface area contributed by atoms with Crippen LogP contribution in [0.25, 0.3) is 10.9 Å². The Morgan fingerprint density at radius 2 is 1.97 bits per heavy atom. The smallest absolute Gasteiger partial charge is 0.166 e. The van der Waals surface area contributed by atoms with Gasteiger partial charge in [-0.25, -0.2) is 14.4 Å². The summed E-state index contributed by atoms with van der Waals surface area (Å²) in [4.78, 5) is 10.8. The van der Waals surface area contributed by atoms with E-state index < -0.39 is 12.0 Å². The molecule has 200 valence electrons.